The summed E-state index contributed by atoms with van der Waals surface area (Å²) in [5, 5.41) is 13.4. The molecule has 1 aromatic heterocycles. The first-order valence-corrected chi connectivity index (χ1v) is 5.12. The number of nitrogen functional groups attached to an aromatic ring is 2. The Bertz CT molecular complexity index is 343. The Balaban J connectivity index is 3.00. The Labute approximate surface area is 90.1 Å². The molecular weight excluding hydrogens is 192 g/mol. The molecule has 5 nitrogen and oxygen atoms in total. The van der Waals surface area contributed by atoms with E-state index in [2.05, 4.69) is 5.10 Å². The third kappa shape index (κ3) is 2.41. The van der Waals surface area contributed by atoms with Crippen LogP contribution >= 0.6 is 0 Å². The van der Waals surface area contributed by atoms with Gasteiger partial charge in [0.2, 0.25) is 0 Å². The largest absolute Gasteiger partial charge is 0.396 e. The van der Waals surface area contributed by atoms with E-state index in [0.29, 0.717) is 18.1 Å². The van der Waals surface area contributed by atoms with Crippen molar-refractivity contribution in [1.29, 1.82) is 0 Å². The molecule has 86 valence electrons. The number of aliphatic hydroxyl groups excluding tert-OH is 1. The average Bonchev–Trinajstić information content (AvgIpc) is 2.42. The van der Waals surface area contributed by atoms with Crippen LogP contribution in [0.1, 0.15) is 26.5 Å². The first-order valence-electron chi connectivity index (χ1n) is 5.12. The van der Waals surface area contributed by atoms with Gasteiger partial charge in [-0.1, -0.05) is 20.8 Å². The van der Waals surface area contributed by atoms with Gasteiger partial charge in [0.25, 0.3) is 0 Å². The second-order valence-electron chi connectivity index (χ2n) is 4.58. The summed E-state index contributed by atoms with van der Waals surface area (Å²) in [4.78, 5) is 0. The Hall–Kier alpha value is -1.23. The number of nitrogens with two attached hydrogens (primary N) is 2. The average molecular weight is 212 g/mol. The highest BCUT2D eigenvalue weighted by Crippen LogP contribution is 2.24. The Morgan fingerprint density at radius 3 is 2.47 bits per heavy atom. The normalized spacial score (nSPS) is 12.0. The van der Waals surface area contributed by atoms with Gasteiger partial charge in [0, 0.05) is 18.6 Å². The molecule has 1 aromatic rings. The monoisotopic (exact) mass is 212 g/mol. The van der Waals surface area contributed by atoms with Crippen molar-refractivity contribution in [3.63, 3.8) is 0 Å². The summed E-state index contributed by atoms with van der Waals surface area (Å²) < 4.78 is 1.79. The third-order valence-corrected chi connectivity index (χ3v) is 2.47. The molecule has 0 atom stereocenters. The second-order valence-corrected chi connectivity index (χ2v) is 4.58. The number of aliphatic hydroxyl groups is 1. The maximum Gasteiger partial charge on any atom is 0.169 e. The minimum Gasteiger partial charge on any atom is -0.396 e. The number of hydrogen-bond donors (Lipinski definition) is 3. The summed E-state index contributed by atoms with van der Waals surface area (Å²) in [5.41, 5.74) is 12.7. The van der Waals surface area contributed by atoms with Crippen LogP contribution in [-0.2, 0) is 13.0 Å². The van der Waals surface area contributed by atoms with Crippen molar-refractivity contribution in [2.24, 2.45) is 5.41 Å². The second kappa shape index (κ2) is 4.10. The first kappa shape index (κ1) is 11.8. The SMILES string of the molecule is CCc1c(N)c(N)nn1CC(C)(C)CO. The highest BCUT2D eigenvalue weighted by atomic mass is 16.3. The molecule has 0 amide bonds. The van der Waals surface area contributed by atoms with Gasteiger partial charge in [-0.05, 0) is 6.42 Å². The molecule has 0 saturated carbocycles. The predicted molar refractivity (Wildman–Crippen MR) is 61.3 cm³/mol. The molecule has 0 fully saturated rings. The van der Waals surface area contributed by atoms with E-state index in [4.69, 9.17) is 11.5 Å². The van der Waals surface area contributed by atoms with Crippen LogP contribution in [0.3, 0.4) is 0 Å². The number of hydrogen-bond acceptors (Lipinski definition) is 4. The number of rotatable bonds is 4. The van der Waals surface area contributed by atoms with Gasteiger partial charge in [-0.2, -0.15) is 5.10 Å². The summed E-state index contributed by atoms with van der Waals surface area (Å²) in [6.45, 7) is 6.68. The minimum atomic E-state index is -0.213. The van der Waals surface area contributed by atoms with Crippen LogP contribution in [-0.4, -0.2) is 21.5 Å². The molecule has 0 aliphatic heterocycles. The van der Waals surface area contributed by atoms with Gasteiger partial charge in [-0.25, -0.2) is 0 Å². The molecule has 15 heavy (non-hydrogen) atoms. The summed E-state index contributed by atoms with van der Waals surface area (Å²) in [7, 11) is 0. The molecule has 0 bridgehead atoms. The molecule has 1 rings (SSSR count). The van der Waals surface area contributed by atoms with E-state index in [1.807, 2.05) is 20.8 Å². The molecule has 0 radical (unpaired) electrons. The molecule has 5 N–H and O–H groups in total. The van der Waals surface area contributed by atoms with Crippen LogP contribution in [0, 0.1) is 5.41 Å². The van der Waals surface area contributed by atoms with Crippen molar-refractivity contribution in [3.05, 3.63) is 5.69 Å². The van der Waals surface area contributed by atoms with E-state index < -0.39 is 0 Å². The zero-order chi connectivity index (χ0) is 11.6. The van der Waals surface area contributed by atoms with Crippen LogP contribution in [0.5, 0.6) is 0 Å². The zero-order valence-corrected chi connectivity index (χ0v) is 9.62. The Morgan fingerprint density at radius 1 is 1.40 bits per heavy atom. The lowest BCUT2D eigenvalue weighted by Crippen LogP contribution is -2.25. The fraction of sp³-hybridized carbons (Fsp3) is 0.700. The number of anilines is 2. The van der Waals surface area contributed by atoms with E-state index in [1.54, 1.807) is 4.68 Å². The van der Waals surface area contributed by atoms with Gasteiger partial charge in [-0.15, -0.1) is 0 Å². The Morgan fingerprint density at radius 2 is 2.00 bits per heavy atom. The molecule has 0 spiro atoms. The quantitative estimate of drug-likeness (QED) is 0.682. The van der Waals surface area contributed by atoms with Gasteiger partial charge in [0.05, 0.1) is 11.4 Å². The van der Waals surface area contributed by atoms with Crippen LogP contribution in [0.4, 0.5) is 11.5 Å². The number of aromatic nitrogens is 2. The van der Waals surface area contributed by atoms with Crippen molar-refractivity contribution >= 4 is 11.5 Å². The summed E-state index contributed by atoms with van der Waals surface area (Å²) in [6, 6.07) is 0. The molecule has 0 aromatic carbocycles. The van der Waals surface area contributed by atoms with E-state index >= 15 is 0 Å². The van der Waals surface area contributed by atoms with Crippen molar-refractivity contribution in [3.8, 4) is 0 Å². The standard InChI is InChI=1S/C10H20N4O/c1-4-7-8(11)9(12)13-14(7)5-10(2,3)6-15/h15H,4-6,11H2,1-3H3,(H2,12,13). The van der Waals surface area contributed by atoms with Crippen LogP contribution in [0.2, 0.25) is 0 Å². The third-order valence-electron chi connectivity index (χ3n) is 2.47. The fourth-order valence-corrected chi connectivity index (χ4v) is 1.49. The van der Waals surface area contributed by atoms with Gasteiger partial charge in [0.15, 0.2) is 5.82 Å². The van der Waals surface area contributed by atoms with Crippen molar-refractivity contribution in [2.45, 2.75) is 33.7 Å². The molecule has 5 heteroatoms. The van der Waals surface area contributed by atoms with Gasteiger partial charge in [0.1, 0.15) is 0 Å². The van der Waals surface area contributed by atoms with Gasteiger partial charge >= 0.3 is 0 Å². The first-order chi connectivity index (χ1) is 6.91. The molecular formula is C10H20N4O. The summed E-state index contributed by atoms with van der Waals surface area (Å²) in [6.07, 6.45) is 0.789. The Kier molecular flexibility index (Phi) is 3.24. The number of nitrogens with zero attached hydrogens (tertiary/aromatic N) is 2. The summed E-state index contributed by atoms with van der Waals surface area (Å²) >= 11 is 0. The lowest BCUT2D eigenvalue weighted by atomic mass is 9.95. The topological polar surface area (TPSA) is 90.1 Å². The molecule has 0 unspecified atom stereocenters. The van der Waals surface area contributed by atoms with E-state index in [-0.39, 0.29) is 12.0 Å². The van der Waals surface area contributed by atoms with Crippen molar-refractivity contribution in [2.75, 3.05) is 18.1 Å². The maximum absolute atomic E-state index is 9.19. The predicted octanol–water partition coefficient (Wildman–Crippen LogP) is 0.628. The molecule has 0 aliphatic carbocycles. The summed E-state index contributed by atoms with van der Waals surface area (Å²) in [5.74, 6) is 0.376. The minimum absolute atomic E-state index is 0.107. The van der Waals surface area contributed by atoms with Gasteiger partial charge < -0.3 is 16.6 Å². The lowest BCUT2D eigenvalue weighted by Gasteiger charge is -2.22. The van der Waals surface area contributed by atoms with Crippen LogP contribution < -0.4 is 11.5 Å². The van der Waals surface area contributed by atoms with Crippen LogP contribution in [0.25, 0.3) is 0 Å². The smallest absolute Gasteiger partial charge is 0.169 e. The van der Waals surface area contributed by atoms with E-state index in [9.17, 15) is 5.11 Å². The molecule has 0 saturated heterocycles. The fourth-order valence-electron chi connectivity index (χ4n) is 1.49. The van der Waals surface area contributed by atoms with E-state index in [0.717, 1.165) is 12.1 Å². The highest BCUT2D eigenvalue weighted by Gasteiger charge is 2.21. The maximum atomic E-state index is 9.19. The molecule has 0 aliphatic rings. The zero-order valence-electron chi connectivity index (χ0n) is 9.62. The van der Waals surface area contributed by atoms with E-state index in [1.165, 1.54) is 0 Å². The van der Waals surface area contributed by atoms with Crippen LogP contribution in [0.15, 0.2) is 0 Å². The molecule has 1 heterocycles. The highest BCUT2D eigenvalue weighted by molar-refractivity contribution is 5.61. The van der Waals surface area contributed by atoms with Crippen molar-refractivity contribution < 1.29 is 5.11 Å². The lowest BCUT2D eigenvalue weighted by molar-refractivity contribution is 0.135. The van der Waals surface area contributed by atoms with Crippen molar-refractivity contribution in [1.82, 2.24) is 9.78 Å². The van der Waals surface area contributed by atoms with Gasteiger partial charge in [-0.3, -0.25) is 4.68 Å².